The Kier molecular flexibility index (Phi) is 20.3. The van der Waals surface area contributed by atoms with E-state index in [0.29, 0.717) is 78.3 Å². The number of rotatable bonds is 27. The molecule has 4 heterocycles. The summed E-state index contributed by atoms with van der Waals surface area (Å²) in [4.78, 5) is 56.3. The predicted molar refractivity (Wildman–Crippen MR) is 253 cm³/mol. The second-order valence-corrected chi connectivity index (χ2v) is 17.1. The highest BCUT2D eigenvalue weighted by molar-refractivity contribution is 5.91. The van der Waals surface area contributed by atoms with E-state index < -0.39 is 37.4 Å². The number of hydrogen-bond donors (Lipinski definition) is 6. The van der Waals surface area contributed by atoms with Crippen molar-refractivity contribution >= 4 is 40.6 Å². The third-order valence-corrected chi connectivity index (χ3v) is 13.0. The Morgan fingerprint density at radius 1 is 0.754 bits per heavy atom. The van der Waals surface area contributed by atoms with E-state index in [1.807, 2.05) is 41.9 Å². The van der Waals surface area contributed by atoms with Gasteiger partial charge >= 0.3 is 0 Å². The summed E-state index contributed by atoms with van der Waals surface area (Å²) in [6, 6.07) is 5.31. The van der Waals surface area contributed by atoms with Crippen LogP contribution in [0.15, 0.2) is 55.4 Å². The van der Waals surface area contributed by atoms with Crippen molar-refractivity contribution in [2.45, 2.75) is 121 Å². The molecular weight excluding hydrogens is 829 g/mol. The Labute approximate surface area is 384 Å². The lowest BCUT2D eigenvalue weighted by molar-refractivity contribution is -0.138. The molecule has 0 unspecified atom stereocenters. The van der Waals surface area contributed by atoms with Crippen LogP contribution in [0.25, 0.3) is 17.0 Å². The Bertz CT molecular complexity index is 2060. The number of ether oxygens (including phenoxy) is 2. The number of carbonyl (C=O) groups excluding carboxylic acids is 4. The van der Waals surface area contributed by atoms with Gasteiger partial charge in [0.15, 0.2) is 0 Å². The van der Waals surface area contributed by atoms with Crippen molar-refractivity contribution < 1.29 is 38.9 Å². The molecule has 5 rings (SSSR count). The average molecular weight is 903 g/mol. The number of fused-ring (bicyclic) bond motifs is 1. The number of nitrogens with zero attached hydrogens (tertiary/aromatic N) is 4. The van der Waals surface area contributed by atoms with Crippen molar-refractivity contribution in [3.63, 3.8) is 0 Å². The summed E-state index contributed by atoms with van der Waals surface area (Å²) in [5, 5.41) is 32.7. The van der Waals surface area contributed by atoms with E-state index in [4.69, 9.17) is 9.47 Å². The Morgan fingerprint density at radius 2 is 1.26 bits per heavy atom. The van der Waals surface area contributed by atoms with Crippen LogP contribution in [0.1, 0.15) is 74.8 Å². The summed E-state index contributed by atoms with van der Waals surface area (Å²) in [6.45, 7) is 13.1. The second kappa shape index (κ2) is 25.7. The molecule has 0 aliphatic carbocycles. The quantitative estimate of drug-likeness (QED) is 0.0490. The molecule has 2 aliphatic rings. The molecule has 2 saturated heterocycles. The number of nitrogens with one attached hydrogen (secondary N) is 4. The number of carbonyl (C=O) groups is 4. The van der Waals surface area contributed by atoms with Crippen molar-refractivity contribution in [3.05, 3.63) is 77.8 Å². The molecule has 2 fully saturated rings. The van der Waals surface area contributed by atoms with Gasteiger partial charge in [-0.25, -0.2) is 0 Å². The number of para-hydroxylation sites is 1. The smallest absolute Gasteiger partial charge is 0.247 e. The zero-order valence-electron chi connectivity index (χ0n) is 39.2. The van der Waals surface area contributed by atoms with Gasteiger partial charge in [0.25, 0.3) is 0 Å². The van der Waals surface area contributed by atoms with E-state index in [9.17, 15) is 29.4 Å². The number of likely N-dealkylation sites (N-methyl/N-ethyl adjacent to an activating group) is 2. The van der Waals surface area contributed by atoms with Crippen molar-refractivity contribution in [3.8, 4) is 0 Å². The Morgan fingerprint density at radius 3 is 1.77 bits per heavy atom. The first kappa shape index (κ1) is 51.1. The summed E-state index contributed by atoms with van der Waals surface area (Å²) < 4.78 is 16.5. The Balaban J connectivity index is 1.11. The number of hydrogen-bond acceptors (Lipinski definition) is 10. The zero-order valence-corrected chi connectivity index (χ0v) is 39.2. The molecule has 6 atom stereocenters. The van der Waals surface area contributed by atoms with Gasteiger partial charge in [-0.15, -0.1) is 0 Å². The second-order valence-electron chi connectivity index (χ2n) is 17.1. The van der Waals surface area contributed by atoms with Gasteiger partial charge in [0.05, 0.1) is 51.7 Å². The van der Waals surface area contributed by atoms with Crippen LogP contribution in [-0.4, -0.2) is 156 Å². The van der Waals surface area contributed by atoms with Crippen molar-refractivity contribution in [1.29, 1.82) is 0 Å². The van der Waals surface area contributed by atoms with Crippen LogP contribution in [0.3, 0.4) is 0 Å². The molecule has 16 nitrogen and oxygen atoms in total. The fourth-order valence-corrected chi connectivity index (χ4v) is 9.39. The lowest BCUT2D eigenvalue weighted by Crippen LogP contribution is -2.55. The van der Waals surface area contributed by atoms with Gasteiger partial charge < -0.3 is 59.9 Å². The van der Waals surface area contributed by atoms with Crippen LogP contribution in [0.5, 0.6) is 0 Å². The molecule has 358 valence electrons. The fourth-order valence-electron chi connectivity index (χ4n) is 9.39. The number of benzene rings is 1. The van der Waals surface area contributed by atoms with E-state index in [0.717, 1.165) is 59.0 Å². The fraction of sp³-hybridized carbons (Fsp3) is 0.592. The first-order valence-corrected chi connectivity index (χ1v) is 23.5. The standard InChI is InChI=1S/C49H74N8O8/c1-7-10-17-39-34(4)54(30-35(39)28-37-15-13-20-56(37)48(62)43(32-58)52-46(60)41(8-2)50-5)22-24-64-26-27-65-25-23-55-31-36(40-18-11-12-19-45(40)55)29-38-16-14-21-57(38)49(63)44(33-59)53-47(61)42(9-3)51-6/h7,10-12,17-19,30-31,37-38,41-44,50-51,58-59H,1,8-9,13-16,20-29,32-33H2,2-6H3,(H,52,60)(H,53,61)/b17-10-/t37-,38-,41+,42+,43-,44-/m1/s1. The molecule has 2 aliphatic heterocycles. The van der Waals surface area contributed by atoms with Gasteiger partial charge in [0.2, 0.25) is 23.6 Å². The van der Waals surface area contributed by atoms with Gasteiger partial charge in [-0.1, -0.05) is 56.9 Å². The van der Waals surface area contributed by atoms with Crippen molar-refractivity contribution in [1.82, 2.24) is 40.2 Å². The van der Waals surface area contributed by atoms with E-state index in [1.54, 1.807) is 20.2 Å². The van der Waals surface area contributed by atoms with Crippen LogP contribution in [0.4, 0.5) is 0 Å². The van der Waals surface area contributed by atoms with Gasteiger partial charge in [0.1, 0.15) is 12.1 Å². The minimum Gasteiger partial charge on any atom is -0.394 e. The summed E-state index contributed by atoms with van der Waals surface area (Å²) in [6.07, 6.45) is 15.9. The maximum atomic E-state index is 13.6. The van der Waals surface area contributed by atoms with E-state index in [-0.39, 0.29) is 35.7 Å². The highest BCUT2D eigenvalue weighted by atomic mass is 16.5. The predicted octanol–water partition coefficient (Wildman–Crippen LogP) is 2.70. The topological polar surface area (TPSA) is 192 Å². The zero-order chi connectivity index (χ0) is 46.9. The first-order chi connectivity index (χ1) is 31.5. The van der Waals surface area contributed by atoms with Crippen LogP contribution >= 0.6 is 0 Å². The molecule has 65 heavy (non-hydrogen) atoms. The average Bonchev–Trinajstić information content (AvgIpc) is 4.12. The molecule has 0 saturated carbocycles. The molecule has 0 bridgehead atoms. The first-order valence-electron chi connectivity index (χ1n) is 23.5. The molecule has 3 aromatic rings. The number of amides is 4. The van der Waals surface area contributed by atoms with Gasteiger partial charge in [-0.2, -0.15) is 0 Å². The third kappa shape index (κ3) is 13.2. The highest BCUT2D eigenvalue weighted by Crippen LogP contribution is 2.29. The van der Waals surface area contributed by atoms with Gasteiger partial charge in [-0.3, -0.25) is 19.2 Å². The summed E-state index contributed by atoms with van der Waals surface area (Å²) >= 11 is 0. The molecule has 0 radical (unpaired) electrons. The molecule has 6 N–H and O–H groups in total. The minimum absolute atomic E-state index is 0.0396. The highest BCUT2D eigenvalue weighted by Gasteiger charge is 2.36. The summed E-state index contributed by atoms with van der Waals surface area (Å²) in [5.74, 6) is -1.10. The SMILES string of the molecule is C=C/C=C\c1c(C[C@H]2CCCN2C(=O)[C@@H](CO)NC(=O)[C@H](CC)NC)cn(CCOCCOCCn2cc(C[C@H]3CCCN3C(=O)[C@@H](CO)NC(=O)[C@H](CC)NC)c3ccccc32)c1C. The van der Waals surface area contributed by atoms with Crippen LogP contribution < -0.4 is 21.3 Å². The number of aliphatic hydroxyl groups excluding tert-OH is 2. The van der Waals surface area contributed by atoms with Gasteiger partial charge in [-0.05, 0) is 95.1 Å². The molecular formula is C49H74N8O8. The molecule has 2 aromatic heterocycles. The normalized spacial score (nSPS) is 18.3. The number of aromatic nitrogens is 2. The third-order valence-electron chi connectivity index (χ3n) is 13.0. The van der Waals surface area contributed by atoms with Gasteiger partial charge in [0, 0.05) is 67.3 Å². The summed E-state index contributed by atoms with van der Waals surface area (Å²) in [7, 11) is 3.41. The van der Waals surface area contributed by atoms with Crippen molar-refractivity contribution in [2.75, 3.05) is 66.8 Å². The molecule has 0 spiro atoms. The Hall–Kier alpha value is -4.84. The van der Waals surface area contributed by atoms with Crippen LogP contribution in [0.2, 0.25) is 0 Å². The van der Waals surface area contributed by atoms with Crippen LogP contribution in [-0.2, 0) is 54.6 Å². The number of likely N-dealkylation sites (tertiary alicyclic amines) is 2. The molecule has 1 aromatic carbocycles. The summed E-state index contributed by atoms with van der Waals surface area (Å²) in [5.41, 5.74) is 5.53. The maximum absolute atomic E-state index is 13.6. The maximum Gasteiger partial charge on any atom is 0.247 e. The number of aliphatic hydroxyl groups is 2. The molecule has 4 amide bonds. The largest absolute Gasteiger partial charge is 0.394 e. The van der Waals surface area contributed by atoms with Crippen molar-refractivity contribution in [2.24, 2.45) is 0 Å². The van der Waals surface area contributed by atoms with E-state index in [1.165, 1.54) is 0 Å². The monoisotopic (exact) mass is 903 g/mol. The molecule has 16 heteroatoms. The lowest BCUT2D eigenvalue weighted by atomic mass is 10.0. The van der Waals surface area contributed by atoms with Crippen LogP contribution in [0, 0.1) is 6.92 Å². The van der Waals surface area contributed by atoms with E-state index >= 15 is 0 Å². The van der Waals surface area contributed by atoms with E-state index in [2.05, 4.69) is 74.5 Å². The number of allylic oxidation sites excluding steroid dienone is 2. The minimum atomic E-state index is -0.994. The lowest BCUT2D eigenvalue weighted by Gasteiger charge is -2.29.